The molecule has 1 heterocycles. The number of hydrogen-bond acceptors (Lipinski definition) is 4. The number of fused-ring (bicyclic) bond motifs is 1. The number of thiazole rings is 1. The Balaban J connectivity index is 1.62. The van der Waals surface area contributed by atoms with E-state index in [9.17, 15) is 4.79 Å². The third kappa shape index (κ3) is 4.84. The van der Waals surface area contributed by atoms with E-state index in [0.29, 0.717) is 12.1 Å². The summed E-state index contributed by atoms with van der Waals surface area (Å²) in [7, 11) is 0. The molecule has 0 bridgehead atoms. The fourth-order valence-electron chi connectivity index (χ4n) is 3.63. The molecule has 0 atom stereocenters. The van der Waals surface area contributed by atoms with E-state index in [4.69, 9.17) is 4.98 Å². The third-order valence-corrected chi connectivity index (χ3v) is 6.59. The molecule has 0 unspecified atom stereocenters. The van der Waals surface area contributed by atoms with Crippen molar-refractivity contribution in [2.45, 2.75) is 13.8 Å². The highest BCUT2D eigenvalue weighted by molar-refractivity contribution is 7.22. The van der Waals surface area contributed by atoms with Gasteiger partial charge >= 0.3 is 0 Å². The molecule has 0 radical (unpaired) electrons. The Kier molecular flexibility index (Phi) is 6.75. The molecule has 31 heavy (non-hydrogen) atoms. The Morgan fingerprint density at radius 3 is 2.13 bits per heavy atom. The van der Waals surface area contributed by atoms with Crippen molar-refractivity contribution < 1.29 is 4.79 Å². The zero-order valence-electron chi connectivity index (χ0n) is 18.0. The molecule has 0 fully saturated rings. The molecule has 0 N–H and O–H groups in total. The summed E-state index contributed by atoms with van der Waals surface area (Å²) in [5.41, 5.74) is 3.86. The second-order valence-corrected chi connectivity index (χ2v) is 8.40. The van der Waals surface area contributed by atoms with Crippen molar-refractivity contribution in [1.82, 2.24) is 9.88 Å². The van der Waals surface area contributed by atoms with E-state index in [0.717, 1.165) is 46.1 Å². The van der Waals surface area contributed by atoms with Crippen LogP contribution in [0.25, 0.3) is 21.3 Å². The first-order valence-electron chi connectivity index (χ1n) is 10.7. The van der Waals surface area contributed by atoms with Crippen LogP contribution < -0.4 is 4.90 Å². The highest BCUT2D eigenvalue weighted by Gasteiger charge is 2.22. The van der Waals surface area contributed by atoms with E-state index in [1.165, 1.54) is 0 Å². The van der Waals surface area contributed by atoms with Crippen LogP contribution in [0.4, 0.5) is 5.13 Å². The number of amides is 1. The van der Waals surface area contributed by atoms with Crippen LogP contribution in [0, 0.1) is 0 Å². The van der Waals surface area contributed by atoms with Crippen LogP contribution in [0.5, 0.6) is 0 Å². The molecular formula is C26H27N3OS. The molecule has 1 amide bonds. The molecular weight excluding hydrogens is 402 g/mol. The molecule has 0 saturated carbocycles. The Bertz CT molecular complexity index is 1100. The summed E-state index contributed by atoms with van der Waals surface area (Å²) in [5, 5.41) is 0.755. The van der Waals surface area contributed by atoms with Crippen molar-refractivity contribution >= 4 is 32.6 Å². The molecule has 4 aromatic rings. The van der Waals surface area contributed by atoms with Crippen LogP contribution in [0.2, 0.25) is 0 Å². The van der Waals surface area contributed by atoms with E-state index < -0.39 is 0 Å². The lowest BCUT2D eigenvalue weighted by molar-refractivity contribution is 0.0984. The smallest absolute Gasteiger partial charge is 0.260 e. The second-order valence-electron chi connectivity index (χ2n) is 7.39. The van der Waals surface area contributed by atoms with Gasteiger partial charge in [0.25, 0.3) is 5.91 Å². The molecule has 0 spiro atoms. The van der Waals surface area contributed by atoms with Crippen LogP contribution in [0.3, 0.4) is 0 Å². The minimum absolute atomic E-state index is 0.00850. The number of likely N-dealkylation sites (N-methyl/N-ethyl adjacent to an activating group) is 1. The summed E-state index contributed by atoms with van der Waals surface area (Å²) in [6.45, 7) is 7.65. The molecule has 3 aromatic carbocycles. The number of anilines is 1. The summed E-state index contributed by atoms with van der Waals surface area (Å²) in [5.74, 6) is -0.00850. The topological polar surface area (TPSA) is 36.4 Å². The molecule has 5 heteroatoms. The zero-order chi connectivity index (χ0) is 21.6. The average Bonchev–Trinajstić information content (AvgIpc) is 3.26. The fourth-order valence-corrected chi connectivity index (χ4v) is 4.62. The van der Waals surface area contributed by atoms with Gasteiger partial charge < -0.3 is 4.90 Å². The first-order chi connectivity index (χ1) is 15.2. The minimum atomic E-state index is -0.00850. The van der Waals surface area contributed by atoms with Gasteiger partial charge in [-0.3, -0.25) is 9.69 Å². The van der Waals surface area contributed by atoms with Crippen LogP contribution in [0.15, 0.2) is 78.9 Å². The van der Waals surface area contributed by atoms with Crippen LogP contribution in [-0.2, 0) is 0 Å². The molecule has 0 aliphatic heterocycles. The van der Waals surface area contributed by atoms with Gasteiger partial charge in [0, 0.05) is 18.7 Å². The normalized spacial score (nSPS) is 11.2. The van der Waals surface area contributed by atoms with Crippen molar-refractivity contribution in [2.75, 3.05) is 31.1 Å². The average molecular weight is 430 g/mol. The molecule has 158 valence electrons. The standard InChI is InChI=1S/C26H27N3OS/c1-3-28(4-2)18-19-29(26-27-23-12-8-9-13-24(23)31-26)25(30)22-16-14-21(15-17-22)20-10-6-5-7-11-20/h5-17H,3-4,18-19H2,1-2H3. The fraction of sp³-hybridized carbons (Fsp3) is 0.231. The van der Waals surface area contributed by atoms with E-state index >= 15 is 0 Å². The van der Waals surface area contributed by atoms with Gasteiger partial charge in [0.15, 0.2) is 5.13 Å². The van der Waals surface area contributed by atoms with E-state index in [2.05, 4.69) is 36.9 Å². The van der Waals surface area contributed by atoms with Crippen LogP contribution >= 0.6 is 11.3 Å². The lowest BCUT2D eigenvalue weighted by Crippen LogP contribution is -2.38. The molecule has 4 nitrogen and oxygen atoms in total. The largest absolute Gasteiger partial charge is 0.302 e. The first-order valence-corrected chi connectivity index (χ1v) is 11.6. The first kappa shape index (κ1) is 21.2. The van der Waals surface area contributed by atoms with E-state index in [-0.39, 0.29) is 5.91 Å². The highest BCUT2D eigenvalue weighted by atomic mass is 32.1. The number of carbonyl (C=O) groups excluding carboxylic acids is 1. The summed E-state index contributed by atoms with van der Waals surface area (Å²) in [6, 6.07) is 26.1. The number of rotatable bonds is 8. The maximum atomic E-state index is 13.5. The quantitative estimate of drug-likeness (QED) is 0.347. The highest BCUT2D eigenvalue weighted by Crippen LogP contribution is 2.30. The van der Waals surface area contributed by atoms with Crippen molar-refractivity contribution in [1.29, 1.82) is 0 Å². The zero-order valence-corrected chi connectivity index (χ0v) is 18.8. The van der Waals surface area contributed by atoms with Gasteiger partial charge in [-0.25, -0.2) is 4.98 Å². The molecule has 0 aliphatic carbocycles. The van der Waals surface area contributed by atoms with Gasteiger partial charge in [-0.05, 0) is 48.5 Å². The molecule has 0 saturated heterocycles. The van der Waals surface area contributed by atoms with E-state index in [1.54, 1.807) is 11.3 Å². The van der Waals surface area contributed by atoms with Crippen molar-refractivity contribution in [3.63, 3.8) is 0 Å². The van der Waals surface area contributed by atoms with Gasteiger partial charge in [-0.1, -0.05) is 79.8 Å². The number of carbonyl (C=O) groups is 1. The monoisotopic (exact) mass is 429 g/mol. The predicted molar refractivity (Wildman–Crippen MR) is 131 cm³/mol. The Labute approximate surface area is 187 Å². The van der Waals surface area contributed by atoms with E-state index in [1.807, 2.05) is 65.6 Å². The van der Waals surface area contributed by atoms with Crippen LogP contribution in [-0.4, -0.2) is 42.0 Å². The Hall–Kier alpha value is -3.02. The van der Waals surface area contributed by atoms with Gasteiger partial charge in [0.05, 0.1) is 10.2 Å². The van der Waals surface area contributed by atoms with Gasteiger partial charge in [0.2, 0.25) is 0 Å². The Morgan fingerprint density at radius 2 is 1.45 bits per heavy atom. The number of aromatic nitrogens is 1. The maximum Gasteiger partial charge on any atom is 0.260 e. The summed E-state index contributed by atoms with van der Waals surface area (Å²) in [6.07, 6.45) is 0. The second kappa shape index (κ2) is 9.86. The van der Waals surface area contributed by atoms with Crippen molar-refractivity contribution in [3.8, 4) is 11.1 Å². The molecule has 0 aliphatic rings. The van der Waals surface area contributed by atoms with Gasteiger partial charge in [-0.2, -0.15) is 0 Å². The number of nitrogens with zero attached hydrogens (tertiary/aromatic N) is 3. The lowest BCUT2D eigenvalue weighted by Gasteiger charge is -2.24. The number of hydrogen-bond donors (Lipinski definition) is 0. The van der Waals surface area contributed by atoms with Gasteiger partial charge in [-0.15, -0.1) is 0 Å². The van der Waals surface area contributed by atoms with Crippen molar-refractivity contribution in [2.24, 2.45) is 0 Å². The summed E-state index contributed by atoms with van der Waals surface area (Å²) in [4.78, 5) is 22.5. The minimum Gasteiger partial charge on any atom is -0.302 e. The third-order valence-electron chi connectivity index (χ3n) is 5.53. The molecule has 4 rings (SSSR count). The number of benzene rings is 3. The van der Waals surface area contributed by atoms with Crippen molar-refractivity contribution in [3.05, 3.63) is 84.4 Å². The summed E-state index contributed by atoms with van der Waals surface area (Å²) >= 11 is 1.57. The SMILES string of the molecule is CCN(CC)CCN(C(=O)c1ccc(-c2ccccc2)cc1)c1nc2ccccc2s1. The summed E-state index contributed by atoms with van der Waals surface area (Å²) < 4.78 is 1.09. The predicted octanol–water partition coefficient (Wildman–Crippen LogP) is 5.95. The maximum absolute atomic E-state index is 13.5. The van der Waals surface area contributed by atoms with Gasteiger partial charge in [0.1, 0.15) is 0 Å². The molecule has 1 aromatic heterocycles. The lowest BCUT2D eigenvalue weighted by atomic mass is 10.0. The number of para-hydroxylation sites is 1. The Morgan fingerprint density at radius 1 is 0.806 bits per heavy atom. The van der Waals surface area contributed by atoms with Crippen LogP contribution in [0.1, 0.15) is 24.2 Å².